The molecular weight excluding hydrogens is 342 g/mol. The Hall–Kier alpha value is -2.20. The Labute approximate surface area is 139 Å². The van der Waals surface area contributed by atoms with E-state index in [2.05, 4.69) is 0 Å². The van der Waals surface area contributed by atoms with Gasteiger partial charge >= 0.3 is 0 Å². The Kier molecular flexibility index (Phi) is 5.28. The minimum Gasteiger partial charge on any atom is -1.00 e. The van der Waals surface area contributed by atoms with Gasteiger partial charge in [-0.25, -0.2) is 0 Å². The molecule has 112 valence electrons. The monoisotopic (exact) mass is 357 g/mol. The van der Waals surface area contributed by atoms with Gasteiger partial charge in [-0.05, 0) is 18.2 Å². The van der Waals surface area contributed by atoms with Crippen molar-refractivity contribution in [2.45, 2.75) is 6.54 Å². The second-order valence-electron chi connectivity index (χ2n) is 4.85. The van der Waals surface area contributed by atoms with Crippen LogP contribution < -0.4 is 26.3 Å². The lowest BCUT2D eigenvalue weighted by Crippen LogP contribution is -3.00. The molecule has 0 fully saturated rings. The molecule has 3 nitrogen and oxygen atoms in total. The minimum absolute atomic E-state index is 0. The number of methoxy groups -OCH3 is 1. The lowest BCUT2D eigenvalue weighted by atomic mass is 10.1. The number of carbonyl (C=O) groups is 1. The van der Waals surface area contributed by atoms with E-state index in [0.717, 1.165) is 22.2 Å². The number of hydrogen-bond donors (Lipinski definition) is 0. The third-order valence-electron chi connectivity index (χ3n) is 3.50. The van der Waals surface area contributed by atoms with E-state index < -0.39 is 0 Å². The molecule has 2 aromatic carbocycles. The van der Waals surface area contributed by atoms with E-state index in [1.54, 1.807) is 7.11 Å². The number of aromatic nitrogens is 1. The van der Waals surface area contributed by atoms with Crippen LogP contribution in [-0.4, -0.2) is 12.9 Å². The van der Waals surface area contributed by atoms with Gasteiger partial charge in [-0.2, -0.15) is 4.57 Å². The van der Waals surface area contributed by atoms with Crippen LogP contribution in [0.3, 0.4) is 0 Å². The molecule has 0 amide bonds. The number of fused-ring (bicyclic) bond motifs is 1. The number of carbonyl (C=O) groups excluding carboxylic acids is 1. The fourth-order valence-corrected chi connectivity index (χ4v) is 2.39. The number of nitrogens with zero attached hydrogens (tertiary/aromatic N) is 1. The molecule has 3 rings (SSSR count). The molecule has 0 aliphatic carbocycles. The highest BCUT2D eigenvalue weighted by Crippen LogP contribution is 2.17. The maximum atomic E-state index is 12.3. The van der Waals surface area contributed by atoms with Gasteiger partial charge in [0.2, 0.25) is 17.8 Å². The van der Waals surface area contributed by atoms with Gasteiger partial charge in [-0.1, -0.05) is 30.3 Å². The zero-order valence-electron chi connectivity index (χ0n) is 12.2. The number of benzene rings is 2. The average Bonchev–Trinajstić information content (AvgIpc) is 2.55. The average molecular weight is 358 g/mol. The molecular formula is C18H16BrNO2. The highest BCUT2D eigenvalue weighted by molar-refractivity contribution is 5.95. The number of halogens is 1. The molecule has 0 unspecified atom stereocenters. The quantitative estimate of drug-likeness (QED) is 0.487. The molecule has 0 bridgehead atoms. The van der Waals surface area contributed by atoms with Crippen LogP contribution >= 0.6 is 0 Å². The standard InChI is InChI=1S/C18H16NO2.BrH/c1-21-16-9-10-17-15(12-16)8-5-11-19(17)13-18(20)14-6-3-2-4-7-14;/h2-12H,13H2,1H3;1H/q+1;/p-1. The predicted octanol–water partition coefficient (Wildman–Crippen LogP) is 0.0228. The number of hydrogen-bond acceptors (Lipinski definition) is 2. The number of pyridine rings is 1. The smallest absolute Gasteiger partial charge is 0.227 e. The number of Topliss-reactive ketones (excluding diaryl/α,β-unsaturated/α-hetero) is 1. The SMILES string of the molecule is COc1ccc2c(ccc[n+]2CC(=O)c2ccccc2)c1.[Br-]. The predicted molar refractivity (Wildman–Crippen MR) is 81.5 cm³/mol. The van der Waals surface area contributed by atoms with Crippen molar-refractivity contribution in [3.63, 3.8) is 0 Å². The molecule has 0 saturated heterocycles. The molecule has 3 aromatic rings. The Morgan fingerprint density at radius 3 is 2.55 bits per heavy atom. The Morgan fingerprint density at radius 1 is 1.05 bits per heavy atom. The third kappa shape index (κ3) is 3.34. The summed E-state index contributed by atoms with van der Waals surface area (Å²) in [6.07, 6.45) is 1.93. The van der Waals surface area contributed by atoms with Crippen molar-refractivity contribution >= 4 is 16.7 Å². The molecule has 0 N–H and O–H groups in total. The van der Waals surface area contributed by atoms with Crippen molar-refractivity contribution in [3.05, 3.63) is 72.4 Å². The Balaban J connectivity index is 0.00000176. The van der Waals surface area contributed by atoms with Gasteiger partial charge in [0.15, 0.2) is 6.20 Å². The van der Waals surface area contributed by atoms with E-state index in [9.17, 15) is 4.79 Å². The second kappa shape index (κ2) is 7.18. The maximum absolute atomic E-state index is 12.3. The summed E-state index contributed by atoms with van der Waals surface area (Å²) in [7, 11) is 1.65. The van der Waals surface area contributed by atoms with Crippen LogP contribution in [0, 0.1) is 0 Å². The van der Waals surface area contributed by atoms with Crippen LogP contribution in [0.15, 0.2) is 66.9 Å². The van der Waals surface area contributed by atoms with Gasteiger partial charge < -0.3 is 21.7 Å². The van der Waals surface area contributed by atoms with Gasteiger partial charge in [0.1, 0.15) is 5.75 Å². The summed E-state index contributed by atoms with van der Waals surface area (Å²) in [6.45, 7) is 0.327. The molecule has 22 heavy (non-hydrogen) atoms. The fraction of sp³-hybridized carbons (Fsp3) is 0.111. The minimum atomic E-state index is 0. The van der Waals surface area contributed by atoms with Gasteiger partial charge in [-0.15, -0.1) is 0 Å². The molecule has 0 aliphatic rings. The van der Waals surface area contributed by atoms with Crippen molar-refractivity contribution in [2.24, 2.45) is 0 Å². The number of ketones is 1. The molecule has 0 spiro atoms. The Bertz CT molecular complexity index is 787. The van der Waals surface area contributed by atoms with Crippen LogP contribution in [0.5, 0.6) is 5.75 Å². The van der Waals surface area contributed by atoms with Gasteiger partial charge in [0.05, 0.1) is 12.5 Å². The van der Waals surface area contributed by atoms with Crippen LogP contribution in [0.25, 0.3) is 10.9 Å². The first-order chi connectivity index (χ1) is 10.3. The molecule has 0 saturated carbocycles. The summed E-state index contributed by atoms with van der Waals surface area (Å²) in [5.41, 5.74) is 1.75. The van der Waals surface area contributed by atoms with Crippen LogP contribution in [-0.2, 0) is 6.54 Å². The lowest BCUT2D eigenvalue weighted by molar-refractivity contribution is -0.657. The van der Waals surface area contributed by atoms with E-state index >= 15 is 0 Å². The summed E-state index contributed by atoms with van der Waals surface area (Å²) < 4.78 is 7.20. The first kappa shape index (κ1) is 16.2. The van der Waals surface area contributed by atoms with Crippen molar-refractivity contribution in [1.29, 1.82) is 0 Å². The van der Waals surface area contributed by atoms with Crippen LogP contribution in [0.2, 0.25) is 0 Å². The first-order valence-electron chi connectivity index (χ1n) is 6.82. The first-order valence-corrected chi connectivity index (χ1v) is 6.82. The molecule has 0 atom stereocenters. The summed E-state index contributed by atoms with van der Waals surface area (Å²) in [5.74, 6) is 0.915. The van der Waals surface area contributed by atoms with E-state index in [1.165, 1.54) is 0 Å². The molecule has 0 radical (unpaired) electrons. The van der Waals surface area contributed by atoms with Crippen molar-refractivity contribution < 1.29 is 31.1 Å². The van der Waals surface area contributed by atoms with Crippen molar-refractivity contribution in [2.75, 3.05) is 7.11 Å². The van der Waals surface area contributed by atoms with Gasteiger partial charge in [-0.3, -0.25) is 4.79 Å². The molecule has 1 heterocycles. The largest absolute Gasteiger partial charge is 1.00 e. The molecule has 0 aliphatic heterocycles. The fourth-order valence-electron chi connectivity index (χ4n) is 2.39. The normalized spacial score (nSPS) is 10.0. The Morgan fingerprint density at radius 2 is 1.82 bits per heavy atom. The zero-order valence-corrected chi connectivity index (χ0v) is 13.8. The van der Waals surface area contributed by atoms with E-state index in [1.807, 2.05) is 71.4 Å². The number of rotatable bonds is 4. The third-order valence-corrected chi connectivity index (χ3v) is 3.50. The van der Waals surface area contributed by atoms with E-state index in [0.29, 0.717) is 6.54 Å². The van der Waals surface area contributed by atoms with Crippen molar-refractivity contribution in [3.8, 4) is 5.75 Å². The summed E-state index contributed by atoms with van der Waals surface area (Å²) in [4.78, 5) is 12.3. The van der Waals surface area contributed by atoms with Gasteiger partial charge in [0, 0.05) is 17.7 Å². The lowest BCUT2D eigenvalue weighted by Gasteiger charge is -2.03. The molecule has 1 aromatic heterocycles. The van der Waals surface area contributed by atoms with Gasteiger partial charge in [0.25, 0.3) is 0 Å². The van der Waals surface area contributed by atoms with Crippen LogP contribution in [0.1, 0.15) is 10.4 Å². The second-order valence-corrected chi connectivity index (χ2v) is 4.85. The zero-order chi connectivity index (χ0) is 14.7. The highest BCUT2D eigenvalue weighted by Gasteiger charge is 2.15. The van der Waals surface area contributed by atoms with Crippen molar-refractivity contribution in [1.82, 2.24) is 0 Å². The summed E-state index contributed by atoms with van der Waals surface area (Å²) in [5, 5.41) is 1.05. The maximum Gasteiger partial charge on any atom is 0.227 e. The number of ether oxygens (including phenoxy) is 1. The summed E-state index contributed by atoms with van der Waals surface area (Å²) >= 11 is 0. The van der Waals surface area contributed by atoms with E-state index in [-0.39, 0.29) is 22.8 Å². The van der Waals surface area contributed by atoms with E-state index in [4.69, 9.17) is 4.74 Å². The molecule has 4 heteroatoms. The topological polar surface area (TPSA) is 30.2 Å². The summed E-state index contributed by atoms with van der Waals surface area (Å²) in [6, 6.07) is 19.2. The van der Waals surface area contributed by atoms with Crippen LogP contribution in [0.4, 0.5) is 0 Å². The highest BCUT2D eigenvalue weighted by atomic mass is 79.9.